The smallest absolute Gasteiger partial charge is 0.277 e. The van der Waals surface area contributed by atoms with Crippen molar-refractivity contribution in [2.45, 2.75) is 13.8 Å². The van der Waals surface area contributed by atoms with Crippen LogP contribution in [0.5, 0.6) is 5.75 Å². The fourth-order valence-corrected chi connectivity index (χ4v) is 2.22. The maximum atomic E-state index is 12.4. The molecule has 0 aliphatic heterocycles. The van der Waals surface area contributed by atoms with E-state index in [1.54, 1.807) is 17.0 Å². The Morgan fingerprint density at radius 3 is 2.65 bits per heavy atom. The summed E-state index contributed by atoms with van der Waals surface area (Å²) in [6, 6.07) is 3.20. The van der Waals surface area contributed by atoms with E-state index in [2.05, 4.69) is 4.98 Å². The van der Waals surface area contributed by atoms with Gasteiger partial charge in [-0.1, -0.05) is 0 Å². The van der Waals surface area contributed by atoms with Crippen molar-refractivity contribution in [3.63, 3.8) is 0 Å². The molecule has 0 saturated carbocycles. The minimum absolute atomic E-state index is 0.000741. The number of aromatic nitrogens is 2. The fraction of sp³-hybridized carbons (Fsp3) is 0.357. The van der Waals surface area contributed by atoms with Crippen molar-refractivity contribution in [3.05, 3.63) is 34.4 Å². The first-order valence-electron chi connectivity index (χ1n) is 6.48. The van der Waals surface area contributed by atoms with E-state index in [4.69, 9.17) is 0 Å². The quantitative estimate of drug-likeness (QED) is 0.910. The third-order valence-corrected chi connectivity index (χ3v) is 3.38. The third-order valence-electron chi connectivity index (χ3n) is 3.38. The van der Waals surface area contributed by atoms with Gasteiger partial charge in [0, 0.05) is 26.3 Å². The summed E-state index contributed by atoms with van der Waals surface area (Å²) < 4.78 is 1.16. The summed E-state index contributed by atoms with van der Waals surface area (Å²) in [7, 11) is 1.47. The highest BCUT2D eigenvalue weighted by atomic mass is 16.3. The maximum Gasteiger partial charge on any atom is 0.277 e. The zero-order valence-corrected chi connectivity index (χ0v) is 11.8. The summed E-state index contributed by atoms with van der Waals surface area (Å²) in [6.45, 7) is 4.71. The van der Waals surface area contributed by atoms with Crippen LogP contribution in [0, 0.1) is 0 Å². The molecular formula is C14H17N3O3. The van der Waals surface area contributed by atoms with Crippen LogP contribution in [0.1, 0.15) is 24.3 Å². The van der Waals surface area contributed by atoms with Gasteiger partial charge in [0.1, 0.15) is 5.52 Å². The average molecular weight is 275 g/mol. The Labute approximate surface area is 116 Å². The Morgan fingerprint density at radius 1 is 1.40 bits per heavy atom. The van der Waals surface area contributed by atoms with Gasteiger partial charge >= 0.3 is 0 Å². The molecule has 0 spiro atoms. The van der Waals surface area contributed by atoms with E-state index in [1.807, 2.05) is 13.8 Å². The normalized spacial score (nSPS) is 10.8. The molecule has 0 aromatic carbocycles. The lowest BCUT2D eigenvalue weighted by Crippen LogP contribution is -2.35. The molecule has 2 rings (SSSR count). The van der Waals surface area contributed by atoms with Crippen LogP contribution in [0.3, 0.4) is 0 Å². The van der Waals surface area contributed by atoms with Crippen LogP contribution in [-0.2, 0) is 7.05 Å². The molecule has 20 heavy (non-hydrogen) atoms. The van der Waals surface area contributed by atoms with Gasteiger partial charge in [-0.2, -0.15) is 0 Å². The Bertz CT molecular complexity index is 717. The molecule has 0 aliphatic rings. The lowest BCUT2D eigenvalue weighted by molar-refractivity contribution is 0.0759. The lowest BCUT2D eigenvalue weighted by Gasteiger charge is -2.21. The number of hydrogen-bond donors (Lipinski definition) is 1. The van der Waals surface area contributed by atoms with Crippen molar-refractivity contribution in [1.29, 1.82) is 0 Å². The molecule has 0 aliphatic carbocycles. The third kappa shape index (κ3) is 2.03. The minimum Gasteiger partial charge on any atom is -0.505 e. The number of pyridine rings is 2. The number of rotatable bonds is 3. The van der Waals surface area contributed by atoms with Crippen LogP contribution in [0.2, 0.25) is 0 Å². The van der Waals surface area contributed by atoms with Crippen molar-refractivity contribution in [1.82, 2.24) is 14.5 Å². The van der Waals surface area contributed by atoms with Crippen molar-refractivity contribution >= 4 is 16.8 Å². The Hall–Kier alpha value is -2.37. The second-order valence-electron chi connectivity index (χ2n) is 4.44. The summed E-state index contributed by atoms with van der Waals surface area (Å²) >= 11 is 0. The van der Waals surface area contributed by atoms with Crippen LogP contribution >= 0.6 is 0 Å². The topological polar surface area (TPSA) is 75.4 Å². The largest absolute Gasteiger partial charge is 0.505 e. The Balaban J connectivity index is 2.78. The average Bonchev–Trinajstić information content (AvgIpc) is 2.46. The standard InChI is InChI=1S/C14H17N3O3/c1-4-17(5-2)14(20)11-12(18)9-7-6-8-15-10(9)13(19)16(11)3/h6-8,18H,4-5H2,1-3H3. The van der Waals surface area contributed by atoms with Crippen LogP contribution in [-0.4, -0.2) is 38.6 Å². The number of carbonyl (C=O) groups is 1. The molecule has 0 fully saturated rings. The highest BCUT2D eigenvalue weighted by molar-refractivity contribution is 6.00. The molecule has 106 valence electrons. The second-order valence-corrected chi connectivity index (χ2v) is 4.44. The molecule has 6 nitrogen and oxygen atoms in total. The zero-order valence-electron chi connectivity index (χ0n) is 11.8. The highest BCUT2D eigenvalue weighted by Gasteiger charge is 2.23. The molecule has 2 heterocycles. The van der Waals surface area contributed by atoms with E-state index in [1.165, 1.54) is 13.2 Å². The van der Waals surface area contributed by atoms with Crippen LogP contribution in [0.25, 0.3) is 10.9 Å². The molecule has 2 aromatic heterocycles. The highest BCUT2D eigenvalue weighted by Crippen LogP contribution is 2.25. The van der Waals surface area contributed by atoms with E-state index in [0.29, 0.717) is 18.5 Å². The molecular weight excluding hydrogens is 258 g/mol. The van der Waals surface area contributed by atoms with E-state index in [9.17, 15) is 14.7 Å². The van der Waals surface area contributed by atoms with E-state index in [0.717, 1.165) is 4.57 Å². The first-order chi connectivity index (χ1) is 9.52. The van der Waals surface area contributed by atoms with Crippen molar-refractivity contribution in [3.8, 4) is 5.75 Å². The predicted molar refractivity (Wildman–Crippen MR) is 75.9 cm³/mol. The molecule has 0 unspecified atom stereocenters. The van der Waals surface area contributed by atoms with E-state index >= 15 is 0 Å². The van der Waals surface area contributed by atoms with Gasteiger partial charge in [0.15, 0.2) is 11.4 Å². The molecule has 1 N–H and O–H groups in total. The summed E-state index contributed by atoms with van der Waals surface area (Å²) in [4.78, 5) is 30.2. The summed E-state index contributed by atoms with van der Waals surface area (Å²) in [5.74, 6) is -0.565. The van der Waals surface area contributed by atoms with Crippen LogP contribution in [0.15, 0.2) is 23.1 Å². The van der Waals surface area contributed by atoms with Gasteiger partial charge in [0.05, 0.1) is 5.39 Å². The number of fused-ring (bicyclic) bond motifs is 1. The van der Waals surface area contributed by atoms with Crippen LogP contribution < -0.4 is 5.56 Å². The monoisotopic (exact) mass is 275 g/mol. The number of hydrogen-bond acceptors (Lipinski definition) is 4. The number of carbonyl (C=O) groups excluding carboxylic acids is 1. The SMILES string of the molecule is CCN(CC)C(=O)c1c(O)c2cccnc2c(=O)n1C. The molecule has 0 bridgehead atoms. The lowest BCUT2D eigenvalue weighted by atomic mass is 10.1. The fourth-order valence-electron chi connectivity index (χ4n) is 2.22. The van der Waals surface area contributed by atoms with Gasteiger partial charge in [-0.05, 0) is 26.0 Å². The number of nitrogens with zero attached hydrogens (tertiary/aromatic N) is 3. The van der Waals surface area contributed by atoms with Crippen molar-refractivity contribution in [2.24, 2.45) is 7.05 Å². The zero-order chi connectivity index (χ0) is 14.9. The first-order valence-corrected chi connectivity index (χ1v) is 6.48. The summed E-state index contributed by atoms with van der Waals surface area (Å²) in [6.07, 6.45) is 1.48. The molecule has 1 amide bonds. The Morgan fingerprint density at radius 2 is 2.05 bits per heavy atom. The molecule has 2 aromatic rings. The van der Waals surface area contributed by atoms with E-state index < -0.39 is 5.56 Å². The molecule has 0 saturated heterocycles. The maximum absolute atomic E-state index is 12.4. The minimum atomic E-state index is -0.395. The van der Waals surface area contributed by atoms with Crippen molar-refractivity contribution in [2.75, 3.05) is 13.1 Å². The summed E-state index contributed by atoms with van der Waals surface area (Å²) in [5.41, 5.74) is -0.239. The van der Waals surface area contributed by atoms with Gasteiger partial charge in [-0.3, -0.25) is 14.6 Å². The number of amides is 1. The predicted octanol–water partition coefficient (Wildman–Crippen LogP) is 1.12. The molecule has 0 radical (unpaired) electrons. The number of aromatic hydroxyl groups is 1. The molecule has 0 atom stereocenters. The van der Waals surface area contributed by atoms with Gasteiger partial charge in [-0.25, -0.2) is 0 Å². The summed E-state index contributed by atoms with van der Waals surface area (Å²) in [5, 5.41) is 10.6. The van der Waals surface area contributed by atoms with Crippen molar-refractivity contribution < 1.29 is 9.90 Å². The van der Waals surface area contributed by atoms with Crippen LogP contribution in [0.4, 0.5) is 0 Å². The first kappa shape index (κ1) is 14.0. The van der Waals surface area contributed by atoms with Gasteiger partial charge in [0.25, 0.3) is 11.5 Å². The van der Waals surface area contributed by atoms with Gasteiger partial charge in [0.2, 0.25) is 0 Å². The molecule has 6 heteroatoms. The van der Waals surface area contributed by atoms with Gasteiger partial charge in [-0.15, -0.1) is 0 Å². The van der Waals surface area contributed by atoms with Gasteiger partial charge < -0.3 is 14.6 Å². The van der Waals surface area contributed by atoms with E-state index in [-0.39, 0.29) is 22.9 Å². The Kier molecular flexibility index (Phi) is 3.74. The second kappa shape index (κ2) is 5.32.